The van der Waals surface area contributed by atoms with Gasteiger partial charge in [0.25, 0.3) is 0 Å². The van der Waals surface area contributed by atoms with E-state index in [4.69, 9.17) is 0 Å². The summed E-state index contributed by atoms with van der Waals surface area (Å²) in [5.41, 5.74) is 2.82. The molecule has 2 unspecified atom stereocenters. The van der Waals surface area contributed by atoms with Gasteiger partial charge >= 0.3 is 0 Å². The van der Waals surface area contributed by atoms with Gasteiger partial charge in [0, 0.05) is 32.2 Å². The highest BCUT2D eigenvalue weighted by molar-refractivity contribution is 5.80. The monoisotopic (exact) mass is 417 g/mol. The third kappa shape index (κ3) is 8.62. The number of nitrogens with one attached hydrogen (secondary N) is 2. The van der Waals surface area contributed by atoms with Gasteiger partial charge in [0.05, 0.1) is 12.6 Å². The topological polar surface area (TPSA) is 63.1 Å². The van der Waals surface area contributed by atoms with Crippen molar-refractivity contribution in [2.24, 2.45) is 4.99 Å². The van der Waals surface area contributed by atoms with E-state index in [1.165, 1.54) is 17.5 Å². The molecular weight excluding hydrogens is 374 g/mol. The van der Waals surface area contributed by atoms with Crippen molar-refractivity contribution in [3.63, 3.8) is 0 Å². The fourth-order valence-electron chi connectivity index (χ4n) is 4.05. The number of hydrogen-bond donors (Lipinski definition) is 3. The van der Waals surface area contributed by atoms with E-state index < -0.39 is 6.10 Å². The molecular formula is C24H43N5O. The molecule has 0 aromatic heterocycles. The summed E-state index contributed by atoms with van der Waals surface area (Å²) in [4.78, 5) is 9.44. The molecule has 0 aliphatic carbocycles. The standard InChI is InChI=1S/C24H43N5O/c1-5-25-24(27-20(4)11-10-15-28(6-2)7-3)26-17-23(30)19-29-16-14-21-12-8-9-13-22(21)18-29/h8-9,12-13,20,23,30H,5-7,10-11,14-19H2,1-4H3,(H2,25,26,27). The van der Waals surface area contributed by atoms with Crippen LogP contribution in [0.3, 0.4) is 0 Å². The molecule has 1 aromatic rings. The first-order valence-corrected chi connectivity index (χ1v) is 11.8. The zero-order valence-corrected chi connectivity index (χ0v) is 19.5. The summed E-state index contributed by atoms with van der Waals surface area (Å²) < 4.78 is 0. The lowest BCUT2D eigenvalue weighted by Crippen LogP contribution is -2.43. The summed E-state index contributed by atoms with van der Waals surface area (Å²) in [6.07, 6.45) is 2.88. The van der Waals surface area contributed by atoms with E-state index in [-0.39, 0.29) is 0 Å². The first kappa shape index (κ1) is 24.6. The van der Waals surface area contributed by atoms with Gasteiger partial charge in [0.2, 0.25) is 0 Å². The van der Waals surface area contributed by atoms with E-state index in [0.717, 1.165) is 58.1 Å². The van der Waals surface area contributed by atoms with Crippen molar-refractivity contribution in [3.8, 4) is 0 Å². The second-order valence-corrected chi connectivity index (χ2v) is 8.34. The molecule has 0 saturated carbocycles. The van der Waals surface area contributed by atoms with Crippen LogP contribution in [-0.4, -0.2) is 78.8 Å². The van der Waals surface area contributed by atoms with Gasteiger partial charge in [0.1, 0.15) is 0 Å². The smallest absolute Gasteiger partial charge is 0.191 e. The zero-order chi connectivity index (χ0) is 21.8. The van der Waals surface area contributed by atoms with Crippen molar-refractivity contribution < 1.29 is 5.11 Å². The van der Waals surface area contributed by atoms with Crippen LogP contribution in [0.15, 0.2) is 29.3 Å². The van der Waals surface area contributed by atoms with Crippen molar-refractivity contribution in [1.29, 1.82) is 0 Å². The number of β-amino-alcohol motifs (C(OH)–C–C–N with tert-alkyl or cyclic N) is 1. The number of aliphatic imine (C=N–C) groups is 1. The number of nitrogens with zero attached hydrogens (tertiary/aromatic N) is 3. The number of rotatable bonds is 12. The van der Waals surface area contributed by atoms with Gasteiger partial charge in [-0.2, -0.15) is 0 Å². The SMILES string of the molecule is CCNC(=NCC(O)CN1CCc2ccccc2C1)NC(C)CCCN(CC)CC. The maximum Gasteiger partial charge on any atom is 0.191 e. The highest BCUT2D eigenvalue weighted by atomic mass is 16.3. The van der Waals surface area contributed by atoms with Crippen LogP contribution >= 0.6 is 0 Å². The van der Waals surface area contributed by atoms with Gasteiger partial charge < -0.3 is 20.6 Å². The Balaban J connectivity index is 1.76. The van der Waals surface area contributed by atoms with Gasteiger partial charge in [0.15, 0.2) is 5.96 Å². The molecule has 0 fully saturated rings. The molecule has 3 N–H and O–H groups in total. The van der Waals surface area contributed by atoms with Crippen molar-refractivity contribution in [1.82, 2.24) is 20.4 Å². The third-order valence-electron chi connectivity index (χ3n) is 5.87. The van der Waals surface area contributed by atoms with Gasteiger partial charge in [-0.3, -0.25) is 9.89 Å². The normalized spacial score (nSPS) is 16.9. The van der Waals surface area contributed by atoms with Gasteiger partial charge in [-0.25, -0.2) is 0 Å². The molecule has 1 heterocycles. The predicted octanol–water partition coefficient (Wildman–Crippen LogP) is 2.47. The Hall–Kier alpha value is -1.63. The summed E-state index contributed by atoms with van der Waals surface area (Å²) in [5, 5.41) is 17.4. The van der Waals surface area contributed by atoms with Crippen molar-refractivity contribution in [2.75, 3.05) is 45.8 Å². The number of hydrogen-bond acceptors (Lipinski definition) is 4. The van der Waals surface area contributed by atoms with Crippen molar-refractivity contribution in [3.05, 3.63) is 35.4 Å². The van der Waals surface area contributed by atoms with E-state index in [1.807, 2.05) is 0 Å². The molecule has 170 valence electrons. The van der Waals surface area contributed by atoms with E-state index in [9.17, 15) is 5.11 Å². The van der Waals surface area contributed by atoms with Gasteiger partial charge in [-0.15, -0.1) is 0 Å². The van der Waals surface area contributed by atoms with Crippen LogP contribution in [0, 0.1) is 0 Å². The molecule has 1 aliphatic heterocycles. The second-order valence-electron chi connectivity index (χ2n) is 8.34. The molecule has 1 aromatic carbocycles. The first-order chi connectivity index (χ1) is 14.5. The Morgan fingerprint density at radius 3 is 2.63 bits per heavy atom. The van der Waals surface area contributed by atoms with Crippen LogP contribution in [-0.2, 0) is 13.0 Å². The zero-order valence-electron chi connectivity index (χ0n) is 19.5. The Morgan fingerprint density at radius 2 is 1.93 bits per heavy atom. The lowest BCUT2D eigenvalue weighted by Gasteiger charge is -2.30. The minimum Gasteiger partial charge on any atom is -0.390 e. The average Bonchev–Trinajstić information content (AvgIpc) is 2.75. The van der Waals surface area contributed by atoms with Crippen LogP contribution < -0.4 is 10.6 Å². The number of aliphatic hydroxyl groups excluding tert-OH is 1. The fraction of sp³-hybridized carbons (Fsp3) is 0.708. The minimum absolute atomic E-state index is 0.356. The molecule has 0 radical (unpaired) electrons. The van der Waals surface area contributed by atoms with Crippen LogP contribution in [0.1, 0.15) is 51.7 Å². The molecule has 6 nitrogen and oxygen atoms in total. The molecule has 30 heavy (non-hydrogen) atoms. The fourth-order valence-corrected chi connectivity index (χ4v) is 4.05. The maximum atomic E-state index is 10.5. The van der Waals surface area contributed by atoms with Crippen LogP contribution in [0.2, 0.25) is 0 Å². The number of guanidine groups is 1. The number of benzene rings is 1. The molecule has 0 spiro atoms. The van der Waals surface area contributed by atoms with Crippen LogP contribution in [0.5, 0.6) is 0 Å². The minimum atomic E-state index is -0.455. The Labute approximate surface area is 183 Å². The molecule has 2 rings (SSSR count). The van der Waals surface area contributed by atoms with Gasteiger partial charge in [-0.1, -0.05) is 38.1 Å². The van der Waals surface area contributed by atoms with Crippen molar-refractivity contribution in [2.45, 2.75) is 65.6 Å². The Morgan fingerprint density at radius 1 is 1.20 bits per heavy atom. The summed E-state index contributed by atoms with van der Waals surface area (Å²) in [6.45, 7) is 15.9. The quantitative estimate of drug-likeness (QED) is 0.360. The van der Waals surface area contributed by atoms with Crippen LogP contribution in [0.25, 0.3) is 0 Å². The van der Waals surface area contributed by atoms with E-state index >= 15 is 0 Å². The second kappa shape index (κ2) is 13.6. The maximum absolute atomic E-state index is 10.5. The first-order valence-electron chi connectivity index (χ1n) is 11.8. The highest BCUT2D eigenvalue weighted by Gasteiger charge is 2.18. The number of fused-ring (bicyclic) bond motifs is 1. The summed E-state index contributed by atoms with van der Waals surface area (Å²) in [6, 6.07) is 8.97. The molecule has 2 atom stereocenters. The molecule has 0 saturated heterocycles. The number of aliphatic hydroxyl groups is 1. The summed E-state index contributed by atoms with van der Waals surface area (Å²) in [5.74, 6) is 0.802. The van der Waals surface area contributed by atoms with E-state index in [2.05, 4.69) is 77.4 Å². The average molecular weight is 418 g/mol. The largest absolute Gasteiger partial charge is 0.390 e. The molecule has 1 aliphatic rings. The summed E-state index contributed by atoms with van der Waals surface area (Å²) >= 11 is 0. The van der Waals surface area contributed by atoms with E-state index in [0.29, 0.717) is 19.1 Å². The van der Waals surface area contributed by atoms with Crippen LogP contribution in [0.4, 0.5) is 0 Å². The third-order valence-corrected chi connectivity index (χ3v) is 5.87. The van der Waals surface area contributed by atoms with E-state index in [1.54, 1.807) is 0 Å². The molecule has 0 amide bonds. The Kier molecular flexibility index (Phi) is 11.2. The molecule has 6 heteroatoms. The van der Waals surface area contributed by atoms with Crippen molar-refractivity contribution >= 4 is 5.96 Å². The van der Waals surface area contributed by atoms with Gasteiger partial charge in [-0.05, 0) is 63.9 Å². The predicted molar refractivity (Wildman–Crippen MR) is 127 cm³/mol. The lowest BCUT2D eigenvalue weighted by molar-refractivity contribution is 0.111. The Bertz CT molecular complexity index is 632. The molecule has 0 bridgehead atoms. The lowest BCUT2D eigenvalue weighted by atomic mass is 10.00. The highest BCUT2D eigenvalue weighted by Crippen LogP contribution is 2.18. The summed E-state index contributed by atoms with van der Waals surface area (Å²) in [7, 11) is 0.